The summed E-state index contributed by atoms with van der Waals surface area (Å²) < 4.78 is 3.37. The van der Waals surface area contributed by atoms with E-state index in [0.29, 0.717) is 25.4 Å². The van der Waals surface area contributed by atoms with Crippen LogP contribution in [0.1, 0.15) is 37.2 Å². The smallest absolute Gasteiger partial charge is 0.341 e. The van der Waals surface area contributed by atoms with Crippen molar-refractivity contribution in [1.82, 2.24) is 29.4 Å². The molecule has 1 aliphatic heterocycles. The van der Waals surface area contributed by atoms with Gasteiger partial charge >= 0.3 is 5.69 Å². The number of carbonyl (C=O) groups is 1. The number of carbonyl (C=O) groups excluding carboxylic acids is 1. The number of piperidine rings is 1. The van der Waals surface area contributed by atoms with Gasteiger partial charge in [-0.2, -0.15) is 10.2 Å². The van der Waals surface area contributed by atoms with Gasteiger partial charge in [0.15, 0.2) is 0 Å². The van der Waals surface area contributed by atoms with Gasteiger partial charge in [0.2, 0.25) is 5.91 Å². The van der Waals surface area contributed by atoms with Crippen LogP contribution in [-0.4, -0.2) is 48.4 Å². The zero-order valence-corrected chi connectivity index (χ0v) is 16.8. The molecule has 0 bridgehead atoms. The first-order chi connectivity index (χ1) is 14.0. The van der Waals surface area contributed by atoms with E-state index in [4.69, 9.17) is 0 Å². The van der Waals surface area contributed by atoms with Gasteiger partial charge in [-0.3, -0.25) is 9.48 Å². The van der Waals surface area contributed by atoms with Crippen LogP contribution >= 0.6 is 0 Å². The lowest BCUT2D eigenvalue weighted by atomic mass is 9.93. The number of aromatic amines is 1. The third-order valence-corrected chi connectivity index (χ3v) is 5.77. The minimum Gasteiger partial charge on any atom is -0.341 e. The van der Waals surface area contributed by atoms with Crippen LogP contribution in [0.4, 0.5) is 0 Å². The summed E-state index contributed by atoms with van der Waals surface area (Å²) in [6, 6.07) is 9.35. The molecule has 152 valence electrons. The largest absolute Gasteiger partial charge is 0.347 e. The highest BCUT2D eigenvalue weighted by atomic mass is 16.2. The molecule has 1 amide bonds. The Morgan fingerprint density at radius 3 is 2.69 bits per heavy atom. The highest BCUT2D eigenvalue weighted by molar-refractivity contribution is 5.80. The Balaban J connectivity index is 1.42. The van der Waals surface area contributed by atoms with Gasteiger partial charge in [-0.15, -0.1) is 0 Å². The van der Waals surface area contributed by atoms with Crippen LogP contribution in [0.3, 0.4) is 0 Å². The Labute approximate surface area is 169 Å². The number of aromatic nitrogens is 5. The van der Waals surface area contributed by atoms with E-state index in [9.17, 15) is 9.59 Å². The monoisotopic (exact) mass is 394 g/mol. The minimum atomic E-state index is -0.292. The van der Waals surface area contributed by atoms with E-state index < -0.39 is 0 Å². The number of benzene rings is 1. The lowest BCUT2D eigenvalue weighted by molar-refractivity contribution is -0.136. The normalized spacial score (nSPS) is 16.1. The summed E-state index contributed by atoms with van der Waals surface area (Å²) in [5.74, 6) is 1.24. The predicted molar refractivity (Wildman–Crippen MR) is 109 cm³/mol. The van der Waals surface area contributed by atoms with Crippen molar-refractivity contribution >= 4 is 5.91 Å². The van der Waals surface area contributed by atoms with Crippen LogP contribution in [-0.2, 0) is 11.2 Å². The second-order valence-corrected chi connectivity index (χ2v) is 7.70. The number of H-pyrrole nitrogens is 1. The van der Waals surface area contributed by atoms with Crippen molar-refractivity contribution in [3.8, 4) is 5.69 Å². The lowest BCUT2D eigenvalue weighted by Gasteiger charge is -2.33. The van der Waals surface area contributed by atoms with Crippen LogP contribution in [0.5, 0.6) is 0 Å². The molecule has 2 aromatic heterocycles. The second kappa shape index (κ2) is 8.06. The Bertz CT molecular complexity index is 1030. The summed E-state index contributed by atoms with van der Waals surface area (Å²) in [5, 5.41) is 11.0. The van der Waals surface area contributed by atoms with E-state index in [1.807, 2.05) is 55.3 Å². The van der Waals surface area contributed by atoms with Crippen molar-refractivity contribution in [2.45, 2.75) is 39.2 Å². The van der Waals surface area contributed by atoms with Gasteiger partial charge in [0, 0.05) is 31.9 Å². The van der Waals surface area contributed by atoms with Crippen LogP contribution in [0, 0.1) is 12.8 Å². The zero-order chi connectivity index (χ0) is 20.4. The van der Waals surface area contributed by atoms with Gasteiger partial charge in [-0.1, -0.05) is 18.2 Å². The molecule has 8 heteroatoms. The van der Waals surface area contributed by atoms with Gasteiger partial charge in [0.1, 0.15) is 11.9 Å². The van der Waals surface area contributed by atoms with Crippen LogP contribution < -0.4 is 5.69 Å². The molecular formula is C21H26N6O2. The average Bonchev–Trinajstić information content (AvgIpc) is 3.39. The number of nitrogens with zero attached hydrogens (tertiary/aromatic N) is 5. The summed E-state index contributed by atoms with van der Waals surface area (Å²) >= 11 is 0. The molecule has 3 aromatic rings. The quantitative estimate of drug-likeness (QED) is 0.718. The number of aryl methyl sites for hydroxylation is 1. The number of likely N-dealkylation sites (tertiary alicyclic amines) is 1. The maximum atomic E-state index is 12.7. The van der Waals surface area contributed by atoms with Crippen molar-refractivity contribution in [2.24, 2.45) is 5.92 Å². The molecule has 1 aliphatic rings. The van der Waals surface area contributed by atoms with E-state index in [2.05, 4.69) is 15.3 Å². The molecular weight excluding hydrogens is 368 g/mol. The molecule has 1 atom stereocenters. The number of amides is 1. The minimum absolute atomic E-state index is 0.101. The molecule has 0 aliphatic carbocycles. The zero-order valence-electron chi connectivity index (χ0n) is 16.8. The highest BCUT2D eigenvalue weighted by Crippen LogP contribution is 2.24. The Hall–Kier alpha value is -3.16. The molecule has 0 saturated carbocycles. The Morgan fingerprint density at radius 1 is 1.24 bits per heavy atom. The summed E-state index contributed by atoms with van der Waals surface area (Å²) in [6.07, 6.45) is 6.01. The van der Waals surface area contributed by atoms with Crippen molar-refractivity contribution in [3.05, 3.63) is 64.6 Å². The van der Waals surface area contributed by atoms with Gasteiger partial charge < -0.3 is 4.90 Å². The summed E-state index contributed by atoms with van der Waals surface area (Å²) in [4.78, 5) is 27.0. The maximum Gasteiger partial charge on any atom is 0.347 e. The standard InChI is InChI=1S/C21H26N6O2/c1-15-6-3-4-7-18(15)27-19(23-24-21(27)29)14-17-8-12-25(13-9-17)20(28)16(2)26-11-5-10-22-26/h3-7,10-11,16-17H,8-9,12-14H2,1-2H3,(H,24,29). The summed E-state index contributed by atoms with van der Waals surface area (Å²) in [6.45, 7) is 5.30. The SMILES string of the molecule is Cc1ccccc1-n1c(CC2CCN(C(=O)C(C)n3cccn3)CC2)n[nH]c1=O. The van der Waals surface area contributed by atoms with Crippen LogP contribution in [0.2, 0.25) is 0 Å². The fourth-order valence-corrected chi connectivity index (χ4v) is 4.03. The fourth-order valence-electron chi connectivity index (χ4n) is 4.03. The molecule has 1 N–H and O–H groups in total. The summed E-state index contributed by atoms with van der Waals surface area (Å²) in [5.41, 5.74) is 1.68. The Morgan fingerprint density at radius 2 is 2.00 bits per heavy atom. The van der Waals surface area contributed by atoms with Crippen molar-refractivity contribution in [1.29, 1.82) is 0 Å². The average molecular weight is 394 g/mol. The van der Waals surface area contributed by atoms with E-state index in [0.717, 1.165) is 29.9 Å². The van der Waals surface area contributed by atoms with E-state index >= 15 is 0 Å². The Kier molecular flexibility index (Phi) is 5.33. The van der Waals surface area contributed by atoms with Crippen molar-refractivity contribution < 1.29 is 4.79 Å². The third-order valence-electron chi connectivity index (χ3n) is 5.77. The molecule has 4 rings (SSSR count). The molecule has 29 heavy (non-hydrogen) atoms. The van der Waals surface area contributed by atoms with E-state index in [-0.39, 0.29) is 17.6 Å². The number of hydrogen-bond donors (Lipinski definition) is 1. The topological polar surface area (TPSA) is 88.8 Å². The molecule has 3 heterocycles. The highest BCUT2D eigenvalue weighted by Gasteiger charge is 2.28. The van der Waals surface area contributed by atoms with Crippen molar-refractivity contribution in [3.63, 3.8) is 0 Å². The number of nitrogens with one attached hydrogen (secondary N) is 1. The first-order valence-corrected chi connectivity index (χ1v) is 10.0. The van der Waals surface area contributed by atoms with Gasteiger partial charge in [-0.05, 0) is 50.3 Å². The van der Waals surface area contributed by atoms with E-state index in [1.165, 1.54) is 0 Å². The van der Waals surface area contributed by atoms with Gasteiger partial charge in [-0.25, -0.2) is 14.5 Å². The molecule has 8 nitrogen and oxygen atoms in total. The number of para-hydroxylation sites is 1. The fraction of sp³-hybridized carbons (Fsp3) is 0.429. The van der Waals surface area contributed by atoms with Crippen LogP contribution in [0.15, 0.2) is 47.5 Å². The van der Waals surface area contributed by atoms with Crippen molar-refractivity contribution in [2.75, 3.05) is 13.1 Å². The van der Waals surface area contributed by atoms with E-state index in [1.54, 1.807) is 15.4 Å². The molecule has 1 fully saturated rings. The predicted octanol–water partition coefficient (Wildman–Crippen LogP) is 2.11. The maximum absolute atomic E-state index is 12.7. The number of hydrogen-bond acceptors (Lipinski definition) is 4. The first-order valence-electron chi connectivity index (χ1n) is 10.0. The summed E-state index contributed by atoms with van der Waals surface area (Å²) in [7, 11) is 0. The molecule has 1 unspecified atom stereocenters. The molecule has 0 spiro atoms. The second-order valence-electron chi connectivity index (χ2n) is 7.70. The van der Waals surface area contributed by atoms with Gasteiger partial charge in [0.25, 0.3) is 0 Å². The molecule has 1 saturated heterocycles. The molecule has 1 aromatic carbocycles. The molecule has 0 radical (unpaired) electrons. The van der Waals surface area contributed by atoms with Crippen LogP contribution in [0.25, 0.3) is 5.69 Å². The third kappa shape index (κ3) is 3.87. The van der Waals surface area contributed by atoms with Gasteiger partial charge in [0.05, 0.1) is 5.69 Å². The first kappa shape index (κ1) is 19.2. The lowest BCUT2D eigenvalue weighted by Crippen LogP contribution is -2.42. The number of rotatable bonds is 5.